The second-order valence-electron chi connectivity index (χ2n) is 9.56. The van der Waals surface area contributed by atoms with Crippen molar-refractivity contribution in [3.63, 3.8) is 0 Å². The lowest BCUT2D eigenvalue weighted by Crippen LogP contribution is -2.31. The van der Waals surface area contributed by atoms with Crippen molar-refractivity contribution in [2.24, 2.45) is 7.05 Å². The molecule has 3 aromatic carbocycles. The van der Waals surface area contributed by atoms with E-state index in [1.54, 1.807) is 84.7 Å². The molecule has 0 spiro atoms. The lowest BCUT2D eigenvalue weighted by Gasteiger charge is -2.30. The van der Waals surface area contributed by atoms with Gasteiger partial charge in [0.05, 0.1) is 28.8 Å². The number of aryl methyl sites for hydroxylation is 1. The molecular formula is C30H21Cl2F6N3O3. The third kappa shape index (κ3) is 6.82. The van der Waals surface area contributed by atoms with Crippen molar-refractivity contribution in [3.05, 3.63) is 129 Å². The minimum atomic E-state index is -5.08. The van der Waals surface area contributed by atoms with E-state index in [1.807, 2.05) is 0 Å². The van der Waals surface area contributed by atoms with E-state index in [1.165, 1.54) is 12.3 Å². The van der Waals surface area contributed by atoms with Crippen LogP contribution in [0.1, 0.15) is 33.6 Å². The van der Waals surface area contributed by atoms with Crippen LogP contribution in [-0.4, -0.2) is 36.9 Å². The van der Waals surface area contributed by atoms with E-state index >= 15 is 0 Å². The molecule has 6 nitrogen and oxygen atoms in total. The number of carbonyl (C=O) groups is 1. The summed E-state index contributed by atoms with van der Waals surface area (Å²) in [7, 11) is 1.74. The molecule has 0 bridgehead atoms. The summed E-state index contributed by atoms with van der Waals surface area (Å²) in [6.45, 7) is 0. The van der Waals surface area contributed by atoms with Gasteiger partial charge in [0.1, 0.15) is 5.69 Å². The maximum Gasteiger partial charge on any atom is 0.490 e. The van der Waals surface area contributed by atoms with E-state index < -0.39 is 29.6 Å². The third-order valence-electron chi connectivity index (χ3n) is 6.62. The summed E-state index contributed by atoms with van der Waals surface area (Å²) >= 11 is 12.8. The van der Waals surface area contributed by atoms with Crippen molar-refractivity contribution in [2.75, 3.05) is 0 Å². The molecule has 2 heterocycles. The SMILES string of the molecule is Cn1cncc1C(O)(c1ccc(Cl)cc1)c1ccc2nc(C(F)(F)F)c(Cc3ccccc3)c(Cl)c2c1.O=C(O)C(F)(F)F. The second kappa shape index (κ2) is 12.5. The normalized spacial score (nSPS) is 13.2. The van der Waals surface area contributed by atoms with Gasteiger partial charge >= 0.3 is 18.3 Å². The van der Waals surface area contributed by atoms with Gasteiger partial charge in [0.2, 0.25) is 0 Å². The fourth-order valence-corrected chi connectivity index (χ4v) is 4.98. The number of aromatic nitrogens is 3. The van der Waals surface area contributed by atoms with E-state index in [0.717, 1.165) is 0 Å². The Morgan fingerprint density at radius 2 is 1.50 bits per heavy atom. The molecule has 0 aliphatic carbocycles. The number of hydrogen-bond acceptors (Lipinski definition) is 4. The number of benzene rings is 3. The first-order chi connectivity index (χ1) is 20.5. The Morgan fingerprint density at radius 3 is 2.02 bits per heavy atom. The zero-order valence-corrected chi connectivity index (χ0v) is 24.0. The molecule has 0 saturated heterocycles. The van der Waals surface area contributed by atoms with Crippen molar-refractivity contribution < 1.29 is 41.4 Å². The van der Waals surface area contributed by atoms with Gasteiger partial charge < -0.3 is 14.8 Å². The van der Waals surface area contributed by atoms with Gasteiger partial charge in [-0.2, -0.15) is 26.3 Å². The highest BCUT2D eigenvalue weighted by atomic mass is 35.5. The summed E-state index contributed by atoms with van der Waals surface area (Å²) in [4.78, 5) is 17.0. The Labute approximate surface area is 256 Å². The van der Waals surface area contributed by atoms with Crippen LogP contribution in [0.25, 0.3) is 10.9 Å². The summed E-state index contributed by atoms with van der Waals surface area (Å²) in [5.41, 5.74) is -0.770. The molecular weight excluding hydrogens is 635 g/mol. The number of aliphatic carboxylic acids is 1. The predicted molar refractivity (Wildman–Crippen MR) is 151 cm³/mol. The Bertz CT molecular complexity index is 1790. The number of alkyl halides is 6. The molecule has 44 heavy (non-hydrogen) atoms. The number of nitrogens with zero attached hydrogens (tertiary/aromatic N) is 3. The van der Waals surface area contributed by atoms with Crippen LogP contribution in [0.3, 0.4) is 0 Å². The molecule has 0 fully saturated rings. The standard InChI is InChI=1S/C28H20Cl2F3N3O.C2HF3O2/c1-36-16-34-15-24(36)27(37,18-7-10-20(29)11-8-18)19-9-12-23-21(14-19)25(30)22(26(35-23)28(31,32)33)13-17-5-3-2-4-6-17;3-2(4,5)1(6)7/h2-12,14-16,37H,13H2,1H3;(H,6,7). The van der Waals surface area contributed by atoms with Crippen molar-refractivity contribution in [3.8, 4) is 0 Å². The van der Waals surface area contributed by atoms with Crippen molar-refractivity contribution in [1.82, 2.24) is 14.5 Å². The van der Waals surface area contributed by atoms with Gasteiger partial charge in [0, 0.05) is 29.4 Å². The minimum Gasteiger partial charge on any atom is -0.475 e. The molecule has 0 amide bonds. The molecule has 1 unspecified atom stereocenters. The largest absolute Gasteiger partial charge is 0.490 e. The van der Waals surface area contributed by atoms with E-state index in [9.17, 15) is 31.4 Å². The zero-order chi connectivity index (χ0) is 32.4. The number of pyridine rings is 1. The van der Waals surface area contributed by atoms with Crippen LogP contribution in [0.2, 0.25) is 10.0 Å². The van der Waals surface area contributed by atoms with Gasteiger partial charge in [0.15, 0.2) is 5.60 Å². The smallest absolute Gasteiger partial charge is 0.475 e. The topological polar surface area (TPSA) is 88.2 Å². The average molecular weight is 656 g/mol. The fourth-order valence-electron chi connectivity index (χ4n) is 4.54. The summed E-state index contributed by atoms with van der Waals surface area (Å²) in [6, 6.07) is 20.0. The molecule has 0 radical (unpaired) electrons. The first kappa shape index (κ1) is 32.8. The highest BCUT2D eigenvalue weighted by Gasteiger charge is 2.40. The number of carboxylic acid groups (broad SMARTS) is 1. The van der Waals surface area contributed by atoms with Crippen molar-refractivity contribution in [2.45, 2.75) is 24.4 Å². The maximum atomic E-state index is 14.0. The summed E-state index contributed by atoms with van der Waals surface area (Å²) in [6.07, 6.45) is -6.74. The van der Waals surface area contributed by atoms with Gasteiger partial charge in [-0.15, -0.1) is 0 Å². The highest BCUT2D eigenvalue weighted by Crippen LogP contribution is 2.42. The Morgan fingerprint density at radius 1 is 0.909 bits per heavy atom. The highest BCUT2D eigenvalue weighted by molar-refractivity contribution is 6.36. The fraction of sp³-hybridized carbons (Fsp3) is 0.167. The van der Waals surface area contributed by atoms with Gasteiger partial charge in [-0.3, -0.25) is 0 Å². The van der Waals surface area contributed by atoms with Crippen LogP contribution in [0.15, 0.2) is 85.3 Å². The monoisotopic (exact) mass is 655 g/mol. The average Bonchev–Trinajstić information content (AvgIpc) is 3.40. The number of imidazole rings is 1. The van der Waals surface area contributed by atoms with Crippen molar-refractivity contribution >= 4 is 40.1 Å². The Kier molecular flexibility index (Phi) is 9.29. The first-order valence-corrected chi connectivity index (χ1v) is 13.3. The predicted octanol–water partition coefficient (Wildman–Crippen LogP) is 7.80. The molecule has 5 aromatic rings. The molecule has 14 heteroatoms. The third-order valence-corrected chi connectivity index (χ3v) is 7.30. The molecule has 2 N–H and O–H groups in total. The van der Waals surface area contributed by atoms with Crippen molar-refractivity contribution in [1.29, 1.82) is 0 Å². The van der Waals surface area contributed by atoms with Crippen LogP contribution >= 0.6 is 23.2 Å². The van der Waals surface area contributed by atoms with Gasteiger partial charge in [-0.05, 0) is 41.0 Å². The molecule has 0 aliphatic heterocycles. The van der Waals surface area contributed by atoms with Crippen LogP contribution in [0.5, 0.6) is 0 Å². The van der Waals surface area contributed by atoms with Crippen LogP contribution < -0.4 is 0 Å². The summed E-state index contributed by atoms with van der Waals surface area (Å²) in [5.74, 6) is -2.76. The minimum absolute atomic E-state index is 0.0507. The molecule has 5 rings (SSSR count). The number of hydrogen-bond donors (Lipinski definition) is 2. The van der Waals surface area contributed by atoms with Crippen LogP contribution in [-0.2, 0) is 30.0 Å². The molecule has 1 atom stereocenters. The molecule has 0 saturated carbocycles. The number of halogens is 8. The summed E-state index contributed by atoms with van der Waals surface area (Å²) < 4.78 is 75.5. The van der Waals surface area contributed by atoms with E-state index in [0.29, 0.717) is 32.8 Å². The van der Waals surface area contributed by atoms with E-state index in [2.05, 4.69) is 9.97 Å². The second-order valence-corrected chi connectivity index (χ2v) is 10.4. The number of carboxylic acids is 1. The maximum absolute atomic E-state index is 14.0. The van der Waals surface area contributed by atoms with E-state index in [-0.39, 0.29) is 22.5 Å². The van der Waals surface area contributed by atoms with Gasteiger partial charge in [-0.25, -0.2) is 14.8 Å². The summed E-state index contributed by atoms with van der Waals surface area (Å²) in [5, 5.41) is 20.0. The lowest BCUT2D eigenvalue weighted by molar-refractivity contribution is -0.192. The Hall–Kier alpha value is -4.13. The van der Waals surface area contributed by atoms with Crippen LogP contribution in [0, 0.1) is 0 Å². The number of aliphatic hydroxyl groups is 1. The van der Waals surface area contributed by atoms with Gasteiger partial charge in [-0.1, -0.05) is 71.7 Å². The quantitative estimate of drug-likeness (QED) is 0.189. The van der Waals surface area contributed by atoms with Crippen LogP contribution in [0.4, 0.5) is 26.3 Å². The Balaban J connectivity index is 0.000000566. The first-order valence-electron chi connectivity index (χ1n) is 12.5. The molecule has 2 aromatic heterocycles. The number of rotatable bonds is 5. The number of fused-ring (bicyclic) bond motifs is 1. The molecule has 0 aliphatic rings. The lowest BCUT2D eigenvalue weighted by atomic mass is 9.83. The zero-order valence-electron chi connectivity index (χ0n) is 22.5. The van der Waals surface area contributed by atoms with Gasteiger partial charge in [0.25, 0.3) is 0 Å². The van der Waals surface area contributed by atoms with E-state index in [4.69, 9.17) is 33.1 Å². The molecule has 230 valence electrons.